The number of H-pyrrole nitrogens is 2. The van der Waals surface area contributed by atoms with Gasteiger partial charge in [-0.05, 0) is 31.4 Å². The third kappa shape index (κ3) is 3.59. The average molecular weight is 460 g/mol. The van der Waals surface area contributed by atoms with E-state index in [1.54, 1.807) is 13.1 Å². The fraction of sp³-hybridized carbons (Fsp3) is 0.375. The molecule has 2 aliphatic rings. The van der Waals surface area contributed by atoms with Crippen LogP contribution < -0.4 is 15.8 Å². The molecule has 1 aromatic carbocycles. The molecule has 0 saturated carbocycles. The summed E-state index contributed by atoms with van der Waals surface area (Å²) in [6, 6.07) is 9.60. The second-order valence-electron chi connectivity index (χ2n) is 8.55. The van der Waals surface area contributed by atoms with Gasteiger partial charge in [0.1, 0.15) is 11.7 Å². The minimum Gasteiger partial charge on any atom is -0.466 e. The summed E-state index contributed by atoms with van der Waals surface area (Å²) in [4.78, 5) is 50.9. The smallest absolute Gasteiger partial charge is 0.310 e. The standard InChI is InChI=1S/C24H24N6O4/c1-2-34-23(33)13-6-5-9-30(12-13)24-28-20-19(22(32)29-24)18(15(10-25)21(31)27-20)16-11-26-17-8-4-3-7-14(16)17/h3-4,7-8,11,13,15,18,26H,2,5-6,9,12H2,1H3,(H2,27,28,29,31,32). The van der Waals surface area contributed by atoms with Crippen LogP contribution in [0.3, 0.4) is 0 Å². The number of amides is 1. The fourth-order valence-corrected chi connectivity index (χ4v) is 4.96. The van der Waals surface area contributed by atoms with Crippen LogP contribution in [0.4, 0.5) is 11.8 Å². The number of para-hydroxylation sites is 1. The molecule has 0 spiro atoms. The maximum absolute atomic E-state index is 13.4. The first-order chi connectivity index (χ1) is 16.5. The van der Waals surface area contributed by atoms with E-state index in [9.17, 15) is 19.6 Å². The molecule has 0 bridgehead atoms. The Kier molecular flexibility index (Phi) is 5.53. The lowest BCUT2D eigenvalue weighted by atomic mass is 9.79. The molecule has 2 aromatic heterocycles. The molecule has 34 heavy (non-hydrogen) atoms. The average Bonchev–Trinajstić information content (AvgIpc) is 3.27. The number of carbonyl (C=O) groups excluding carboxylic acids is 2. The summed E-state index contributed by atoms with van der Waals surface area (Å²) in [6.07, 6.45) is 3.18. The number of hydrogen-bond acceptors (Lipinski definition) is 7. The number of rotatable bonds is 4. The van der Waals surface area contributed by atoms with E-state index in [1.165, 1.54) is 0 Å². The SMILES string of the molecule is CCOC(=O)C1CCCN(c2nc3c(c(=O)[nH]2)C(c2c[nH]c4ccccc24)C(C#N)C(=O)N3)C1. The van der Waals surface area contributed by atoms with Gasteiger partial charge in [0.05, 0.1) is 24.2 Å². The number of aromatic amines is 2. The Morgan fingerprint density at radius 2 is 2.15 bits per heavy atom. The van der Waals surface area contributed by atoms with Crippen molar-refractivity contribution >= 4 is 34.5 Å². The van der Waals surface area contributed by atoms with Crippen molar-refractivity contribution in [1.82, 2.24) is 15.0 Å². The zero-order valence-corrected chi connectivity index (χ0v) is 18.6. The molecule has 10 nitrogen and oxygen atoms in total. The van der Waals surface area contributed by atoms with Gasteiger partial charge in [-0.1, -0.05) is 18.2 Å². The lowest BCUT2D eigenvalue weighted by Gasteiger charge is -2.33. The van der Waals surface area contributed by atoms with Crippen molar-refractivity contribution in [3.8, 4) is 6.07 Å². The number of nitrogens with zero attached hydrogens (tertiary/aromatic N) is 3. The minimum absolute atomic E-state index is 0.142. The lowest BCUT2D eigenvalue weighted by molar-refractivity contribution is -0.148. The quantitative estimate of drug-likeness (QED) is 0.507. The molecule has 1 saturated heterocycles. The molecule has 174 valence electrons. The van der Waals surface area contributed by atoms with Crippen LogP contribution in [-0.2, 0) is 14.3 Å². The van der Waals surface area contributed by atoms with Gasteiger partial charge < -0.3 is 19.9 Å². The number of nitrogens with one attached hydrogen (secondary N) is 3. The van der Waals surface area contributed by atoms with Crippen LogP contribution in [-0.4, -0.2) is 46.5 Å². The number of fused-ring (bicyclic) bond motifs is 2. The van der Waals surface area contributed by atoms with Crippen molar-refractivity contribution in [2.75, 3.05) is 29.9 Å². The van der Waals surface area contributed by atoms with Crippen molar-refractivity contribution in [2.24, 2.45) is 11.8 Å². The van der Waals surface area contributed by atoms with E-state index in [2.05, 4.69) is 26.3 Å². The van der Waals surface area contributed by atoms with Crippen molar-refractivity contribution < 1.29 is 14.3 Å². The van der Waals surface area contributed by atoms with Crippen molar-refractivity contribution in [3.63, 3.8) is 0 Å². The van der Waals surface area contributed by atoms with E-state index in [0.717, 1.165) is 17.3 Å². The van der Waals surface area contributed by atoms with Gasteiger partial charge in [-0.15, -0.1) is 0 Å². The van der Waals surface area contributed by atoms with Gasteiger partial charge in [-0.2, -0.15) is 10.2 Å². The van der Waals surface area contributed by atoms with E-state index < -0.39 is 23.3 Å². The summed E-state index contributed by atoms with van der Waals surface area (Å²) in [5.41, 5.74) is 1.37. The van der Waals surface area contributed by atoms with Crippen molar-refractivity contribution in [2.45, 2.75) is 25.7 Å². The predicted molar refractivity (Wildman–Crippen MR) is 124 cm³/mol. The minimum atomic E-state index is -1.08. The van der Waals surface area contributed by atoms with Gasteiger partial charge in [0, 0.05) is 36.1 Å². The van der Waals surface area contributed by atoms with Crippen LogP contribution in [0.2, 0.25) is 0 Å². The van der Waals surface area contributed by atoms with E-state index >= 15 is 0 Å². The summed E-state index contributed by atoms with van der Waals surface area (Å²) < 4.78 is 5.16. The largest absolute Gasteiger partial charge is 0.466 e. The summed E-state index contributed by atoms with van der Waals surface area (Å²) in [6.45, 7) is 3.05. The Morgan fingerprint density at radius 3 is 2.94 bits per heavy atom. The first-order valence-electron chi connectivity index (χ1n) is 11.3. The van der Waals surface area contributed by atoms with Gasteiger partial charge in [-0.25, -0.2) is 0 Å². The maximum Gasteiger partial charge on any atom is 0.310 e. The molecule has 0 aliphatic carbocycles. The number of anilines is 2. The van der Waals surface area contributed by atoms with Gasteiger partial charge in [0.15, 0.2) is 0 Å². The molecule has 2 aliphatic heterocycles. The van der Waals surface area contributed by atoms with Gasteiger partial charge in [0.2, 0.25) is 11.9 Å². The molecule has 10 heteroatoms. The predicted octanol–water partition coefficient (Wildman–Crippen LogP) is 2.25. The fourth-order valence-electron chi connectivity index (χ4n) is 4.96. The Bertz CT molecular complexity index is 1370. The normalized spacial score (nSPS) is 22.1. The van der Waals surface area contributed by atoms with E-state index in [4.69, 9.17) is 4.74 Å². The van der Waals surface area contributed by atoms with Crippen molar-refractivity contribution in [3.05, 3.63) is 51.9 Å². The molecule has 5 rings (SSSR count). The highest BCUT2D eigenvalue weighted by molar-refractivity contribution is 5.99. The van der Waals surface area contributed by atoms with E-state index in [0.29, 0.717) is 31.7 Å². The number of hydrogen-bond donors (Lipinski definition) is 3. The lowest BCUT2D eigenvalue weighted by Crippen LogP contribution is -2.43. The van der Waals surface area contributed by atoms with Gasteiger partial charge in [0.25, 0.3) is 5.56 Å². The monoisotopic (exact) mass is 460 g/mol. The number of aromatic nitrogens is 3. The van der Waals surface area contributed by atoms with E-state index in [1.807, 2.05) is 29.2 Å². The molecule has 4 heterocycles. The number of esters is 1. The highest BCUT2D eigenvalue weighted by atomic mass is 16.5. The number of ether oxygens (including phenoxy) is 1. The Morgan fingerprint density at radius 1 is 1.32 bits per heavy atom. The summed E-state index contributed by atoms with van der Waals surface area (Å²) in [5.74, 6) is -2.51. The summed E-state index contributed by atoms with van der Waals surface area (Å²) in [7, 11) is 0. The maximum atomic E-state index is 13.4. The Labute approximate surface area is 194 Å². The molecule has 3 atom stereocenters. The molecule has 3 unspecified atom stereocenters. The van der Waals surface area contributed by atoms with Crippen LogP contribution in [0.5, 0.6) is 0 Å². The third-order valence-corrected chi connectivity index (χ3v) is 6.55. The Balaban J connectivity index is 1.57. The summed E-state index contributed by atoms with van der Waals surface area (Å²) >= 11 is 0. The highest BCUT2D eigenvalue weighted by Gasteiger charge is 2.41. The second-order valence-corrected chi connectivity index (χ2v) is 8.55. The van der Waals surface area contributed by atoms with Gasteiger partial charge >= 0.3 is 5.97 Å². The molecule has 0 radical (unpaired) electrons. The molecular formula is C24H24N6O4. The number of piperidine rings is 1. The van der Waals surface area contributed by atoms with E-state index in [-0.39, 0.29) is 29.2 Å². The molecule has 3 aromatic rings. The number of benzene rings is 1. The first-order valence-corrected chi connectivity index (χ1v) is 11.3. The topological polar surface area (TPSA) is 144 Å². The zero-order chi connectivity index (χ0) is 23.8. The van der Waals surface area contributed by atoms with Crippen molar-refractivity contribution in [1.29, 1.82) is 5.26 Å². The molecule has 1 amide bonds. The molecule has 1 fully saturated rings. The van der Waals surface area contributed by atoms with Crippen LogP contribution in [0.1, 0.15) is 36.8 Å². The Hall–Kier alpha value is -4.13. The first kappa shape index (κ1) is 21.7. The van der Waals surface area contributed by atoms with Crippen LogP contribution >= 0.6 is 0 Å². The van der Waals surface area contributed by atoms with Crippen LogP contribution in [0.25, 0.3) is 10.9 Å². The summed E-state index contributed by atoms with van der Waals surface area (Å²) in [5, 5.41) is 13.3. The van der Waals surface area contributed by atoms with Gasteiger partial charge in [-0.3, -0.25) is 19.4 Å². The number of carbonyl (C=O) groups is 2. The number of nitriles is 1. The molecular weight excluding hydrogens is 436 g/mol. The zero-order valence-electron chi connectivity index (χ0n) is 18.6. The van der Waals surface area contributed by atoms with Crippen LogP contribution in [0.15, 0.2) is 35.3 Å². The third-order valence-electron chi connectivity index (χ3n) is 6.55. The highest BCUT2D eigenvalue weighted by Crippen LogP contribution is 2.41. The van der Waals surface area contributed by atoms with Crippen LogP contribution in [0, 0.1) is 23.2 Å². The second kappa shape index (κ2) is 8.67. The molecule has 3 N–H and O–H groups in total.